The molecule has 0 aliphatic carbocycles. The largest absolute Gasteiger partial charge is 0.308 e. The normalized spacial score (nSPS) is 11.7. The highest BCUT2D eigenvalue weighted by molar-refractivity contribution is 7.92. The van der Waals surface area contributed by atoms with Crippen LogP contribution in [0.3, 0.4) is 0 Å². The zero-order valence-corrected chi connectivity index (χ0v) is 14.3. The summed E-state index contributed by atoms with van der Waals surface area (Å²) >= 11 is 0. The number of anilines is 1. The molecule has 0 aliphatic rings. The fraction of sp³-hybridized carbons (Fsp3) is 0.375. The number of sulfone groups is 1. The first-order valence-corrected chi connectivity index (χ1v) is 9.21. The Kier molecular flexibility index (Phi) is 5.20. The number of rotatable bonds is 6. The highest BCUT2D eigenvalue weighted by atomic mass is 32.2. The molecular formula is C16H21N3O3S. The summed E-state index contributed by atoms with van der Waals surface area (Å²) in [6.07, 6.45) is 1.79. The lowest BCUT2D eigenvalue weighted by Gasteiger charge is -2.07. The molecule has 1 aromatic heterocycles. The minimum absolute atomic E-state index is 0.00213. The van der Waals surface area contributed by atoms with Crippen LogP contribution < -0.4 is 5.32 Å². The van der Waals surface area contributed by atoms with Gasteiger partial charge in [-0.3, -0.25) is 4.79 Å². The van der Waals surface area contributed by atoms with Gasteiger partial charge in [-0.1, -0.05) is 32.0 Å². The van der Waals surface area contributed by atoms with Gasteiger partial charge in [-0.05, 0) is 25.0 Å². The SMILES string of the molecule is Cc1cn(-c2ccccc2)nc1NC(=O)CS(=O)(=O)CC(C)C. The monoisotopic (exact) mass is 335 g/mol. The van der Waals surface area contributed by atoms with Gasteiger partial charge in [0.15, 0.2) is 15.7 Å². The van der Waals surface area contributed by atoms with E-state index in [0.29, 0.717) is 5.82 Å². The van der Waals surface area contributed by atoms with Crippen LogP contribution in [-0.2, 0) is 14.6 Å². The number of nitrogens with one attached hydrogen (secondary N) is 1. The highest BCUT2D eigenvalue weighted by Crippen LogP contribution is 2.15. The van der Waals surface area contributed by atoms with E-state index < -0.39 is 21.5 Å². The molecule has 0 aliphatic heterocycles. The summed E-state index contributed by atoms with van der Waals surface area (Å²) in [4.78, 5) is 12.0. The third-order valence-corrected chi connectivity index (χ3v) is 4.99. The number of benzene rings is 1. The second-order valence-electron chi connectivity index (χ2n) is 5.94. The molecule has 1 aromatic carbocycles. The number of aromatic nitrogens is 2. The lowest BCUT2D eigenvalue weighted by Crippen LogP contribution is -2.26. The number of para-hydroxylation sites is 1. The van der Waals surface area contributed by atoms with Gasteiger partial charge in [0.2, 0.25) is 5.91 Å². The molecule has 23 heavy (non-hydrogen) atoms. The number of amides is 1. The topological polar surface area (TPSA) is 81.1 Å². The molecule has 0 atom stereocenters. The Morgan fingerprint density at radius 2 is 1.91 bits per heavy atom. The van der Waals surface area contributed by atoms with Gasteiger partial charge in [-0.25, -0.2) is 13.1 Å². The minimum atomic E-state index is -3.40. The number of hydrogen-bond donors (Lipinski definition) is 1. The molecule has 7 heteroatoms. The predicted octanol–water partition coefficient (Wildman–Crippen LogP) is 2.19. The van der Waals surface area contributed by atoms with Crippen LogP contribution in [0, 0.1) is 12.8 Å². The molecule has 0 bridgehead atoms. The fourth-order valence-electron chi connectivity index (χ4n) is 2.23. The zero-order valence-electron chi connectivity index (χ0n) is 13.5. The first kappa shape index (κ1) is 17.2. The summed E-state index contributed by atoms with van der Waals surface area (Å²) < 4.78 is 25.4. The van der Waals surface area contributed by atoms with E-state index in [4.69, 9.17) is 0 Å². The van der Waals surface area contributed by atoms with Crippen LogP contribution in [0.2, 0.25) is 0 Å². The van der Waals surface area contributed by atoms with Crippen molar-refractivity contribution < 1.29 is 13.2 Å². The maximum atomic E-state index is 12.0. The molecule has 0 saturated carbocycles. The van der Waals surface area contributed by atoms with Crippen molar-refractivity contribution in [1.82, 2.24) is 9.78 Å². The maximum Gasteiger partial charge on any atom is 0.240 e. The number of carbonyl (C=O) groups excluding carboxylic acids is 1. The first-order valence-electron chi connectivity index (χ1n) is 7.39. The van der Waals surface area contributed by atoms with Gasteiger partial charge in [0.25, 0.3) is 0 Å². The van der Waals surface area contributed by atoms with E-state index in [0.717, 1.165) is 11.3 Å². The first-order chi connectivity index (χ1) is 10.8. The standard InChI is InChI=1S/C16H21N3O3S/c1-12(2)10-23(21,22)11-15(20)17-16-13(3)9-19(18-16)14-7-5-4-6-8-14/h4-9,12H,10-11H2,1-3H3,(H,17,18,20). The highest BCUT2D eigenvalue weighted by Gasteiger charge is 2.19. The summed E-state index contributed by atoms with van der Waals surface area (Å²) in [7, 11) is -3.40. The van der Waals surface area contributed by atoms with Crippen LogP contribution in [0.4, 0.5) is 5.82 Å². The lowest BCUT2D eigenvalue weighted by atomic mass is 10.3. The third kappa shape index (κ3) is 4.92. The minimum Gasteiger partial charge on any atom is -0.308 e. The Labute approximate surface area is 136 Å². The molecule has 2 rings (SSSR count). The van der Waals surface area contributed by atoms with E-state index in [1.54, 1.807) is 24.7 Å². The Bertz CT molecular complexity index is 780. The van der Waals surface area contributed by atoms with Crippen LogP contribution in [0.1, 0.15) is 19.4 Å². The average molecular weight is 335 g/mol. The summed E-state index contributed by atoms with van der Waals surface area (Å²) in [5.41, 5.74) is 1.63. The molecule has 0 spiro atoms. The van der Waals surface area contributed by atoms with Crippen LogP contribution >= 0.6 is 0 Å². The average Bonchev–Trinajstić information content (AvgIpc) is 2.78. The van der Waals surface area contributed by atoms with Crippen LogP contribution in [0.5, 0.6) is 0 Å². The third-order valence-electron chi connectivity index (χ3n) is 3.11. The molecule has 1 N–H and O–H groups in total. The molecule has 0 fully saturated rings. The Hall–Kier alpha value is -2.15. The van der Waals surface area contributed by atoms with Crippen molar-refractivity contribution in [2.45, 2.75) is 20.8 Å². The molecular weight excluding hydrogens is 314 g/mol. The van der Waals surface area contributed by atoms with Crippen LogP contribution in [0.15, 0.2) is 36.5 Å². The maximum absolute atomic E-state index is 12.0. The molecule has 2 aromatic rings. The van der Waals surface area contributed by atoms with E-state index in [9.17, 15) is 13.2 Å². The quantitative estimate of drug-likeness (QED) is 0.877. The summed E-state index contributed by atoms with van der Waals surface area (Å²) in [5, 5.41) is 6.88. The van der Waals surface area contributed by atoms with E-state index in [1.807, 2.05) is 37.3 Å². The Morgan fingerprint density at radius 3 is 2.52 bits per heavy atom. The van der Waals surface area contributed by atoms with Crippen molar-refractivity contribution in [1.29, 1.82) is 0 Å². The predicted molar refractivity (Wildman–Crippen MR) is 90.4 cm³/mol. The van der Waals surface area contributed by atoms with Crippen molar-refractivity contribution >= 4 is 21.6 Å². The summed E-state index contributed by atoms with van der Waals surface area (Å²) in [6.45, 7) is 5.42. The Balaban J connectivity index is 2.09. The molecule has 1 amide bonds. The molecule has 0 unspecified atom stereocenters. The van der Waals surface area contributed by atoms with Gasteiger partial charge >= 0.3 is 0 Å². The zero-order chi connectivity index (χ0) is 17.0. The number of aryl methyl sites for hydroxylation is 1. The Morgan fingerprint density at radius 1 is 1.26 bits per heavy atom. The molecule has 124 valence electrons. The van der Waals surface area contributed by atoms with Crippen molar-refractivity contribution in [3.8, 4) is 5.69 Å². The van der Waals surface area contributed by atoms with Gasteiger partial charge in [0.05, 0.1) is 11.4 Å². The van der Waals surface area contributed by atoms with Crippen LogP contribution in [0.25, 0.3) is 5.69 Å². The van der Waals surface area contributed by atoms with Gasteiger partial charge in [-0.2, -0.15) is 0 Å². The molecule has 1 heterocycles. The van der Waals surface area contributed by atoms with E-state index >= 15 is 0 Å². The summed E-state index contributed by atoms with van der Waals surface area (Å²) in [6, 6.07) is 9.48. The molecule has 0 radical (unpaired) electrons. The molecule has 6 nitrogen and oxygen atoms in total. The second kappa shape index (κ2) is 6.95. The van der Waals surface area contributed by atoms with E-state index in [1.165, 1.54) is 0 Å². The fourth-order valence-corrected chi connectivity index (χ4v) is 3.84. The summed E-state index contributed by atoms with van der Waals surface area (Å²) in [5.74, 6) is -0.724. The van der Waals surface area contributed by atoms with Crippen molar-refractivity contribution in [2.24, 2.45) is 5.92 Å². The smallest absolute Gasteiger partial charge is 0.240 e. The van der Waals surface area contributed by atoms with E-state index in [-0.39, 0.29) is 11.7 Å². The van der Waals surface area contributed by atoms with Crippen molar-refractivity contribution in [2.75, 3.05) is 16.8 Å². The van der Waals surface area contributed by atoms with Crippen LogP contribution in [-0.4, -0.2) is 35.6 Å². The van der Waals surface area contributed by atoms with Crippen molar-refractivity contribution in [3.63, 3.8) is 0 Å². The van der Waals surface area contributed by atoms with Gasteiger partial charge in [0, 0.05) is 11.8 Å². The lowest BCUT2D eigenvalue weighted by molar-refractivity contribution is -0.113. The number of hydrogen-bond acceptors (Lipinski definition) is 4. The van der Waals surface area contributed by atoms with Gasteiger partial charge in [-0.15, -0.1) is 5.10 Å². The van der Waals surface area contributed by atoms with Crippen molar-refractivity contribution in [3.05, 3.63) is 42.1 Å². The number of carbonyl (C=O) groups is 1. The van der Waals surface area contributed by atoms with E-state index in [2.05, 4.69) is 10.4 Å². The second-order valence-corrected chi connectivity index (χ2v) is 8.05. The van der Waals surface area contributed by atoms with Gasteiger partial charge < -0.3 is 5.32 Å². The number of nitrogens with zero attached hydrogens (tertiary/aromatic N) is 2. The molecule has 0 saturated heterocycles. The van der Waals surface area contributed by atoms with Gasteiger partial charge in [0.1, 0.15) is 5.75 Å².